The number of rotatable bonds is 5. The average molecular weight is 226 g/mol. The molecule has 0 amide bonds. The molecule has 1 heterocycles. The number of imidazole rings is 1. The molecule has 0 saturated heterocycles. The quantitative estimate of drug-likeness (QED) is 0.607. The lowest BCUT2D eigenvalue weighted by Gasteiger charge is -2.19. The molecule has 0 atom stereocenters. The number of ether oxygens (including phenoxy) is 2. The van der Waals surface area contributed by atoms with Gasteiger partial charge in [0, 0.05) is 18.8 Å². The third-order valence-electron chi connectivity index (χ3n) is 1.68. The van der Waals surface area contributed by atoms with Gasteiger partial charge in [0.15, 0.2) is 0 Å². The van der Waals surface area contributed by atoms with Crippen molar-refractivity contribution in [2.75, 3.05) is 13.2 Å². The molecule has 1 rings (SSSR count). The van der Waals surface area contributed by atoms with Crippen LogP contribution in [0.5, 0.6) is 0 Å². The van der Waals surface area contributed by atoms with Crippen LogP contribution < -0.4 is 0 Å². The highest BCUT2D eigenvalue weighted by atomic mass is 16.6. The van der Waals surface area contributed by atoms with Gasteiger partial charge < -0.3 is 14.5 Å². The molecule has 0 fully saturated rings. The van der Waals surface area contributed by atoms with Crippen LogP contribution in [0.2, 0.25) is 0 Å². The molecule has 0 bridgehead atoms. The zero-order chi connectivity index (χ0) is 12.0. The van der Waals surface area contributed by atoms with Crippen LogP contribution in [0.4, 0.5) is 0 Å². The van der Waals surface area contributed by atoms with Crippen molar-refractivity contribution in [3.05, 3.63) is 18.2 Å². The molecular formula is C11H18N2O3. The lowest BCUT2D eigenvalue weighted by atomic mass is 10.2. The second-order valence-electron chi connectivity index (χ2n) is 4.42. The van der Waals surface area contributed by atoms with Crippen LogP contribution in [0, 0.1) is 0 Å². The molecule has 5 nitrogen and oxygen atoms in total. The number of H-pyrrole nitrogens is 1. The molecule has 5 heteroatoms. The normalized spacial score (nSPS) is 11.4. The summed E-state index contributed by atoms with van der Waals surface area (Å²) in [6.07, 6.45) is 4.10. The smallest absolute Gasteiger partial charge is 0.332 e. The number of carbonyl (C=O) groups excluding carboxylic acids is 1. The van der Waals surface area contributed by atoms with E-state index < -0.39 is 5.60 Å². The van der Waals surface area contributed by atoms with E-state index in [9.17, 15) is 4.79 Å². The Labute approximate surface area is 95.2 Å². The van der Waals surface area contributed by atoms with E-state index in [2.05, 4.69) is 9.97 Å². The molecule has 0 aliphatic heterocycles. The van der Waals surface area contributed by atoms with Crippen molar-refractivity contribution < 1.29 is 14.3 Å². The Morgan fingerprint density at radius 1 is 1.50 bits per heavy atom. The molecule has 0 spiro atoms. The van der Waals surface area contributed by atoms with Gasteiger partial charge in [0.2, 0.25) is 0 Å². The van der Waals surface area contributed by atoms with Gasteiger partial charge in [-0.25, -0.2) is 9.78 Å². The van der Waals surface area contributed by atoms with Crippen molar-refractivity contribution in [1.82, 2.24) is 9.97 Å². The third kappa shape index (κ3) is 5.50. The van der Waals surface area contributed by atoms with E-state index in [-0.39, 0.29) is 12.6 Å². The number of esters is 1. The molecule has 1 aromatic rings. The maximum atomic E-state index is 11.2. The highest BCUT2D eigenvalue weighted by Crippen LogP contribution is 2.06. The molecule has 1 aromatic heterocycles. The Bertz CT molecular complexity index is 314. The van der Waals surface area contributed by atoms with Gasteiger partial charge in [-0.1, -0.05) is 0 Å². The molecule has 0 aliphatic carbocycles. The number of aromatic amines is 1. The second-order valence-corrected chi connectivity index (χ2v) is 4.42. The Balaban J connectivity index is 2.09. The van der Waals surface area contributed by atoms with E-state index in [4.69, 9.17) is 9.47 Å². The summed E-state index contributed by atoms with van der Waals surface area (Å²) in [5, 5.41) is 0. The van der Waals surface area contributed by atoms with E-state index in [1.165, 1.54) is 0 Å². The highest BCUT2D eigenvalue weighted by Gasteiger charge is 2.15. The fourth-order valence-electron chi connectivity index (χ4n) is 1.13. The summed E-state index contributed by atoms with van der Waals surface area (Å²) in [7, 11) is 0. The maximum Gasteiger partial charge on any atom is 0.332 e. The van der Waals surface area contributed by atoms with E-state index in [0.29, 0.717) is 13.0 Å². The summed E-state index contributed by atoms with van der Waals surface area (Å²) < 4.78 is 10.3. The standard InChI is InChI=1S/C11H18N2O3/c1-11(2,3)16-10(14)8-15-7-4-9-12-5-6-13-9/h5-6H,4,7-8H2,1-3H3,(H,12,13). The zero-order valence-corrected chi connectivity index (χ0v) is 9.95. The molecule has 1 N–H and O–H groups in total. The number of aromatic nitrogens is 2. The van der Waals surface area contributed by atoms with Gasteiger partial charge in [-0.05, 0) is 20.8 Å². The highest BCUT2D eigenvalue weighted by molar-refractivity contribution is 5.71. The number of nitrogens with one attached hydrogen (secondary N) is 1. The van der Waals surface area contributed by atoms with Crippen LogP contribution in [0.15, 0.2) is 12.4 Å². The largest absolute Gasteiger partial charge is 0.458 e. The van der Waals surface area contributed by atoms with Crippen molar-refractivity contribution in [3.8, 4) is 0 Å². The zero-order valence-electron chi connectivity index (χ0n) is 9.95. The first-order valence-corrected chi connectivity index (χ1v) is 5.25. The van der Waals surface area contributed by atoms with Crippen LogP contribution in [-0.2, 0) is 20.7 Å². The maximum absolute atomic E-state index is 11.2. The number of nitrogens with zero attached hydrogens (tertiary/aromatic N) is 1. The average Bonchev–Trinajstić information content (AvgIpc) is 2.62. The second kappa shape index (κ2) is 5.65. The summed E-state index contributed by atoms with van der Waals surface area (Å²) in [6.45, 7) is 5.92. The number of carbonyl (C=O) groups is 1. The van der Waals surface area contributed by atoms with Crippen LogP contribution in [0.25, 0.3) is 0 Å². The number of hydrogen-bond donors (Lipinski definition) is 1. The summed E-state index contributed by atoms with van der Waals surface area (Å²) in [4.78, 5) is 18.2. The lowest BCUT2D eigenvalue weighted by molar-refractivity contribution is -0.160. The molecule has 0 aliphatic rings. The van der Waals surface area contributed by atoms with Gasteiger partial charge in [-0.2, -0.15) is 0 Å². The van der Waals surface area contributed by atoms with E-state index in [0.717, 1.165) is 5.82 Å². The van der Waals surface area contributed by atoms with Gasteiger partial charge in [0.1, 0.15) is 18.0 Å². The molecule has 0 radical (unpaired) electrons. The van der Waals surface area contributed by atoms with Crippen molar-refractivity contribution in [2.45, 2.75) is 32.8 Å². The first-order valence-electron chi connectivity index (χ1n) is 5.25. The Kier molecular flexibility index (Phi) is 4.49. The van der Waals surface area contributed by atoms with E-state index in [1.807, 2.05) is 20.8 Å². The van der Waals surface area contributed by atoms with Gasteiger partial charge in [-0.3, -0.25) is 0 Å². The minimum Gasteiger partial charge on any atom is -0.458 e. The van der Waals surface area contributed by atoms with Crippen molar-refractivity contribution >= 4 is 5.97 Å². The molecule has 0 saturated carbocycles. The SMILES string of the molecule is CC(C)(C)OC(=O)COCCc1ncc[nH]1. The first-order chi connectivity index (χ1) is 7.47. The fourth-order valence-corrected chi connectivity index (χ4v) is 1.13. The Hall–Kier alpha value is -1.36. The fraction of sp³-hybridized carbons (Fsp3) is 0.636. The van der Waals surface area contributed by atoms with Gasteiger partial charge in [0.25, 0.3) is 0 Å². The topological polar surface area (TPSA) is 64.2 Å². The summed E-state index contributed by atoms with van der Waals surface area (Å²) in [5.74, 6) is 0.510. The summed E-state index contributed by atoms with van der Waals surface area (Å²) in [5.41, 5.74) is -0.457. The van der Waals surface area contributed by atoms with Crippen molar-refractivity contribution in [1.29, 1.82) is 0 Å². The van der Waals surface area contributed by atoms with Crippen molar-refractivity contribution in [2.24, 2.45) is 0 Å². The lowest BCUT2D eigenvalue weighted by Crippen LogP contribution is -2.26. The van der Waals surface area contributed by atoms with Crippen LogP contribution >= 0.6 is 0 Å². The van der Waals surface area contributed by atoms with Crippen molar-refractivity contribution in [3.63, 3.8) is 0 Å². The minimum absolute atomic E-state index is 0.0159. The molecule has 0 unspecified atom stereocenters. The van der Waals surface area contributed by atoms with Crippen LogP contribution in [0.1, 0.15) is 26.6 Å². The Morgan fingerprint density at radius 3 is 2.81 bits per heavy atom. The van der Waals surface area contributed by atoms with Crippen LogP contribution in [0.3, 0.4) is 0 Å². The first kappa shape index (κ1) is 12.7. The third-order valence-corrected chi connectivity index (χ3v) is 1.68. The summed E-state index contributed by atoms with van der Waals surface area (Å²) >= 11 is 0. The van der Waals surface area contributed by atoms with Gasteiger partial charge >= 0.3 is 5.97 Å². The Morgan fingerprint density at radius 2 is 2.25 bits per heavy atom. The van der Waals surface area contributed by atoms with E-state index >= 15 is 0 Å². The predicted molar refractivity (Wildman–Crippen MR) is 59.0 cm³/mol. The number of hydrogen-bond acceptors (Lipinski definition) is 4. The monoisotopic (exact) mass is 226 g/mol. The predicted octanol–water partition coefficient (Wildman–Crippen LogP) is 1.31. The molecule has 90 valence electrons. The molecule has 0 aromatic carbocycles. The minimum atomic E-state index is -0.457. The van der Waals surface area contributed by atoms with Crippen LogP contribution in [-0.4, -0.2) is 34.8 Å². The van der Waals surface area contributed by atoms with E-state index in [1.54, 1.807) is 12.4 Å². The van der Waals surface area contributed by atoms with Gasteiger partial charge in [-0.15, -0.1) is 0 Å². The molecular weight excluding hydrogens is 208 g/mol. The summed E-state index contributed by atoms with van der Waals surface area (Å²) in [6, 6.07) is 0. The molecule has 16 heavy (non-hydrogen) atoms. The van der Waals surface area contributed by atoms with Gasteiger partial charge in [0.05, 0.1) is 6.61 Å².